The number of carbonyl (C=O) groups is 1. The van der Waals surface area contributed by atoms with E-state index < -0.39 is 0 Å². The molecule has 2 rings (SSSR count). The van der Waals surface area contributed by atoms with Crippen LogP contribution in [0, 0.1) is 5.41 Å². The largest absolute Gasteiger partial charge is 0.352 e. The maximum absolute atomic E-state index is 12.4. The summed E-state index contributed by atoms with van der Waals surface area (Å²) < 4.78 is 0. The van der Waals surface area contributed by atoms with Crippen LogP contribution in [0.3, 0.4) is 0 Å². The van der Waals surface area contributed by atoms with E-state index in [1.54, 1.807) is 0 Å². The molecule has 0 spiro atoms. The van der Waals surface area contributed by atoms with Gasteiger partial charge in [0, 0.05) is 19.5 Å². The van der Waals surface area contributed by atoms with Gasteiger partial charge in [-0.05, 0) is 49.5 Å². The first-order valence-electron chi connectivity index (χ1n) is 9.30. The monoisotopic (exact) mass is 403 g/mol. The predicted molar refractivity (Wildman–Crippen MR) is 114 cm³/mol. The van der Waals surface area contributed by atoms with E-state index in [4.69, 9.17) is 5.73 Å². The second kappa shape index (κ2) is 12.6. The Balaban J connectivity index is 0.00000312. The van der Waals surface area contributed by atoms with Crippen LogP contribution in [0.1, 0.15) is 56.6 Å². The second-order valence-corrected chi connectivity index (χ2v) is 7.37. The van der Waals surface area contributed by atoms with E-state index in [2.05, 4.69) is 48.5 Å². The fraction of sp³-hybridized carbons (Fsp3) is 0.650. The Kier molecular flexibility index (Phi) is 12.2. The molecule has 3 N–H and O–H groups in total. The van der Waals surface area contributed by atoms with Gasteiger partial charge in [-0.2, -0.15) is 0 Å². The number of carbonyl (C=O) groups excluding carboxylic acids is 1. The summed E-state index contributed by atoms with van der Waals surface area (Å²) in [6.45, 7) is 5.35. The quantitative estimate of drug-likeness (QED) is 0.691. The lowest BCUT2D eigenvalue weighted by atomic mass is 9.71. The third-order valence-electron chi connectivity index (χ3n) is 5.36. The van der Waals surface area contributed by atoms with Crippen LogP contribution < -0.4 is 11.1 Å². The van der Waals surface area contributed by atoms with Crippen LogP contribution in [0.5, 0.6) is 0 Å². The number of nitrogens with two attached hydrogens (primary N) is 1. The third kappa shape index (κ3) is 7.83. The summed E-state index contributed by atoms with van der Waals surface area (Å²) in [5.41, 5.74) is 8.48. The van der Waals surface area contributed by atoms with Crippen LogP contribution in [0.25, 0.3) is 0 Å². The molecule has 0 radical (unpaired) electrons. The van der Waals surface area contributed by atoms with Crippen molar-refractivity contribution in [2.75, 3.05) is 20.1 Å². The molecule has 0 unspecified atom stereocenters. The molecule has 0 aliphatic heterocycles. The Labute approximate surface area is 171 Å². The number of amides is 1. The topological polar surface area (TPSA) is 58.4 Å². The minimum atomic E-state index is 0. The summed E-state index contributed by atoms with van der Waals surface area (Å²) in [4.78, 5) is 14.7. The fourth-order valence-corrected chi connectivity index (χ4v) is 3.62. The summed E-state index contributed by atoms with van der Waals surface area (Å²) in [6.07, 6.45) is 6.45. The highest BCUT2D eigenvalue weighted by Gasteiger charge is 2.32. The highest BCUT2D eigenvalue weighted by molar-refractivity contribution is 5.85. The molecular weight excluding hydrogens is 369 g/mol. The van der Waals surface area contributed by atoms with Crippen LogP contribution in [0.15, 0.2) is 24.3 Å². The van der Waals surface area contributed by atoms with Gasteiger partial charge in [0.1, 0.15) is 0 Å². The van der Waals surface area contributed by atoms with E-state index in [1.807, 2.05) is 0 Å². The van der Waals surface area contributed by atoms with E-state index in [9.17, 15) is 4.79 Å². The van der Waals surface area contributed by atoms with Crippen molar-refractivity contribution >= 4 is 30.7 Å². The van der Waals surface area contributed by atoms with E-state index in [-0.39, 0.29) is 36.1 Å². The Morgan fingerprint density at radius 1 is 1.19 bits per heavy atom. The molecule has 0 bridgehead atoms. The molecule has 6 heteroatoms. The minimum absolute atomic E-state index is 0. The summed E-state index contributed by atoms with van der Waals surface area (Å²) >= 11 is 0. The van der Waals surface area contributed by atoms with Crippen molar-refractivity contribution in [2.45, 2.75) is 58.5 Å². The Bertz CT molecular complexity index is 534. The summed E-state index contributed by atoms with van der Waals surface area (Å²) in [5, 5.41) is 3.09. The number of rotatable bonds is 8. The van der Waals surface area contributed by atoms with Crippen LogP contribution in [0.2, 0.25) is 0 Å². The van der Waals surface area contributed by atoms with Crippen molar-refractivity contribution in [1.82, 2.24) is 10.2 Å². The zero-order chi connectivity index (χ0) is 17.4. The van der Waals surface area contributed by atoms with Crippen LogP contribution >= 0.6 is 24.8 Å². The van der Waals surface area contributed by atoms with Crippen LogP contribution in [0.4, 0.5) is 0 Å². The van der Waals surface area contributed by atoms with Gasteiger partial charge in [0.2, 0.25) is 5.91 Å². The van der Waals surface area contributed by atoms with Crippen LogP contribution in [-0.2, 0) is 17.9 Å². The highest BCUT2D eigenvalue weighted by Crippen LogP contribution is 2.38. The van der Waals surface area contributed by atoms with Gasteiger partial charge in [-0.3, -0.25) is 4.79 Å². The maximum atomic E-state index is 12.4. The Hall–Kier alpha value is -0.810. The molecule has 1 aliphatic carbocycles. The predicted octanol–water partition coefficient (Wildman–Crippen LogP) is 3.90. The molecule has 1 amide bonds. The molecular formula is C20H35Cl2N3O. The van der Waals surface area contributed by atoms with Gasteiger partial charge in [-0.1, -0.05) is 50.5 Å². The molecule has 1 fully saturated rings. The summed E-state index contributed by atoms with van der Waals surface area (Å²) in [6, 6.07) is 8.48. The number of nitrogens with one attached hydrogen (secondary N) is 1. The third-order valence-corrected chi connectivity index (χ3v) is 5.36. The van der Waals surface area contributed by atoms with Gasteiger partial charge in [0.05, 0.1) is 0 Å². The van der Waals surface area contributed by atoms with Gasteiger partial charge in [-0.25, -0.2) is 0 Å². The van der Waals surface area contributed by atoms with Gasteiger partial charge in [0.15, 0.2) is 0 Å². The normalized spacial score (nSPS) is 15.7. The van der Waals surface area contributed by atoms with Crippen LogP contribution in [-0.4, -0.2) is 30.9 Å². The molecule has 0 aromatic heterocycles. The Morgan fingerprint density at radius 3 is 2.46 bits per heavy atom. The maximum Gasteiger partial charge on any atom is 0.220 e. The minimum Gasteiger partial charge on any atom is -0.352 e. The highest BCUT2D eigenvalue weighted by atomic mass is 35.5. The molecule has 26 heavy (non-hydrogen) atoms. The SMILES string of the molecule is CCN(C)Cc1cccc(CNC(=O)CC2(CN)CCCCC2)c1.Cl.Cl. The van der Waals surface area contributed by atoms with Gasteiger partial charge >= 0.3 is 0 Å². The van der Waals surface area contributed by atoms with Gasteiger partial charge in [-0.15, -0.1) is 24.8 Å². The summed E-state index contributed by atoms with van der Waals surface area (Å²) in [7, 11) is 2.12. The zero-order valence-electron chi connectivity index (χ0n) is 16.1. The molecule has 4 nitrogen and oxygen atoms in total. The number of hydrogen-bond donors (Lipinski definition) is 2. The lowest BCUT2D eigenvalue weighted by molar-refractivity contribution is -0.124. The smallest absolute Gasteiger partial charge is 0.220 e. The zero-order valence-corrected chi connectivity index (χ0v) is 17.8. The molecule has 150 valence electrons. The first-order valence-corrected chi connectivity index (χ1v) is 9.30. The van der Waals surface area contributed by atoms with Crippen molar-refractivity contribution in [3.8, 4) is 0 Å². The first kappa shape index (κ1) is 25.2. The van der Waals surface area contributed by atoms with Crippen molar-refractivity contribution in [1.29, 1.82) is 0 Å². The van der Waals surface area contributed by atoms with Crippen molar-refractivity contribution in [3.63, 3.8) is 0 Å². The molecule has 1 aliphatic rings. The number of hydrogen-bond acceptors (Lipinski definition) is 3. The molecule has 1 aromatic carbocycles. The standard InChI is InChI=1S/C20H33N3O.2ClH/c1-3-23(2)15-18-9-7-8-17(12-18)14-22-19(24)13-20(16-21)10-5-4-6-11-20;;/h7-9,12H,3-6,10-11,13-16,21H2,1-2H3,(H,22,24);2*1H. The van der Waals surface area contributed by atoms with E-state index >= 15 is 0 Å². The molecule has 0 heterocycles. The second-order valence-electron chi connectivity index (χ2n) is 7.37. The van der Waals surface area contributed by atoms with E-state index in [0.29, 0.717) is 19.5 Å². The average Bonchev–Trinajstić information content (AvgIpc) is 2.61. The van der Waals surface area contributed by atoms with E-state index in [1.165, 1.54) is 24.8 Å². The average molecular weight is 404 g/mol. The van der Waals surface area contributed by atoms with E-state index in [0.717, 1.165) is 31.5 Å². The number of halogens is 2. The molecule has 1 aromatic rings. The van der Waals surface area contributed by atoms with Crippen molar-refractivity contribution in [3.05, 3.63) is 35.4 Å². The fourth-order valence-electron chi connectivity index (χ4n) is 3.62. The molecule has 0 saturated heterocycles. The number of benzene rings is 1. The summed E-state index contributed by atoms with van der Waals surface area (Å²) in [5.74, 6) is 0.137. The van der Waals surface area contributed by atoms with Gasteiger partial charge in [0.25, 0.3) is 0 Å². The van der Waals surface area contributed by atoms with Crippen molar-refractivity contribution < 1.29 is 4.79 Å². The molecule has 0 atom stereocenters. The molecule has 1 saturated carbocycles. The lowest BCUT2D eigenvalue weighted by Crippen LogP contribution is -2.38. The number of nitrogens with zero attached hydrogens (tertiary/aromatic N) is 1. The lowest BCUT2D eigenvalue weighted by Gasteiger charge is -2.35. The van der Waals surface area contributed by atoms with Gasteiger partial charge < -0.3 is 16.0 Å². The Morgan fingerprint density at radius 2 is 1.85 bits per heavy atom. The van der Waals surface area contributed by atoms with Crippen molar-refractivity contribution in [2.24, 2.45) is 11.1 Å². The first-order chi connectivity index (χ1) is 11.6.